The fraction of sp³-hybridized carbons (Fsp3) is 0.0909. The number of aromatic nitrogens is 1. The average Bonchev–Trinajstić information content (AvgIpc) is 2.25. The van der Waals surface area contributed by atoms with E-state index in [1.54, 1.807) is 18.3 Å². The number of fused-ring (bicyclic) bond motifs is 1. The van der Waals surface area contributed by atoms with E-state index in [-0.39, 0.29) is 10.8 Å². The lowest BCUT2D eigenvalue weighted by atomic mass is 10.2. The summed E-state index contributed by atoms with van der Waals surface area (Å²) in [6.45, 7) is 1.08. The first kappa shape index (κ1) is 13.5. The first-order chi connectivity index (χ1) is 7.93. The van der Waals surface area contributed by atoms with Gasteiger partial charge in [0.2, 0.25) is 0 Å². The van der Waals surface area contributed by atoms with Gasteiger partial charge in [-0.1, -0.05) is 23.2 Å². The molecule has 1 aromatic heterocycles. The molecule has 0 aliphatic heterocycles. The van der Waals surface area contributed by atoms with Crippen molar-refractivity contribution in [3.05, 3.63) is 34.4 Å². The second-order valence-corrected chi connectivity index (χ2v) is 3.92. The van der Waals surface area contributed by atoms with Gasteiger partial charge in [0, 0.05) is 18.5 Å². The number of halogens is 2. The third-order valence-electron chi connectivity index (χ3n) is 1.77. The average molecular weight is 274 g/mol. The number of nitrogens with zero attached hydrogens (tertiary/aromatic N) is 1. The molecule has 90 valence electrons. The quantitative estimate of drug-likeness (QED) is 0.772. The summed E-state index contributed by atoms with van der Waals surface area (Å²) in [4.78, 5) is 13.0. The van der Waals surface area contributed by atoms with Crippen LogP contribution in [0.15, 0.2) is 24.4 Å². The van der Waals surface area contributed by atoms with Crippen LogP contribution in [0.2, 0.25) is 10.0 Å². The van der Waals surface area contributed by atoms with Crippen LogP contribution in [0, 0.1) is 0 Å². The van der Waals surface area contributed by atoms with Crippen LogP contribution in [-0.2, 0) is 4.79 Å². The lowest BCUT2D eigenvalue weighted by Crippen LogP contribution is -1.80. The van der Waals surface area contributed by atoms with Crippen molar-refractivity contribution in [3.63, 3.8) is 0 Å². The van der Waals surface area contributed by atoms with Crippen molar-refractivity contribution in [2.24, 2.45) is 0 Å². The molecule has 17 heavy (non-hydrogen) atoms. The van der Waals surface area contributed by atoms with Gasteiger partial charge >= 0.3 is 0 Å². The molecule has 0 fully saturated rings. The highest BCUT2D eigenvalue weighted by Crippen LogP contribution is 2.35. The summed E-state index contributed by atoms with van der Waals surface area (Å²) in [5.41, 5.74) is 0.431. The zero-order valence-corrected chi connectivity index (χ0v) is 10.3. The number of carbonyl (C=O) groups is 1. The van der Waals surface area contributed by atoms with Crippen molar-refractivity contribution in [3.8, 4) is 5.75 Å². The van der Waals surface area contributed by atoms with Gasteiger partial charge in [0.15, 0.2) is 5.75 Å². The Balaban J connectivity index is 0.000000317. The predicted octanol–water partition coefficient (Wildman–Crippen LogP) is 3.34. The van der Waals surface area contributed by atoms with E-state index in [1.807, 2.05) is 0 Å². The van der Waals surface area contributed by atoms with Crippen LogP contribution in [0.5, 0.6) is 5.75 Å². The van der Waals surface area contributed by atoms with Gasteiger partial charge in [0.05, 0.1) is 10.0 Å². The van der Waals surface area contributed by atoms with Crippen molar-refractivity contribution in [2.75, 3.05) is 0 Å². The van der Waals surface area contributed by atoms with Crippen molar-refractivity contribution < 1.29 is 15.0 Å². The molecule has 2 rings (SSSR count). The third kappa shape index (κ3) is 3.47. The minimum Gasteiger partial charge on any atom is -0.504 e. The molecule has 0 radical (unpaired) electrons. The molecule has 0 bridgehead atoms. The van der Waals surface area contributed by atoms with Gasteiger partial charge in [0.25, 0.3) is 5.97 Å². The van der Waals surface area contributed by atoms with Crippen LogP contribution in [-0.4, -0.2) is 21.2 Å². The minimum atomic E-state index is -0.833. The molecule has 0 spiro atoms. The molecule has 0 amide bonds. The fourth-order valence-electron chi connectivity index (χ4n) is 1.16. The molecule has 1 aromatic carbocycles. The molecule has 0 aliphatic rings. The largest absolute Gasteiger partial charge is 0.504 e. The van der Waals surface area contributed by atoms with Gasteiger partial charge in [-0.05, 0) is 18.2 Å². The third-order valence-corrected chi connectivity index (χ3v) is 2.37. The summed E-state index contributed by atoms with van der Waals surface area (Å²) in [5, 5.41) is 18.4. The maximum Gasteiger partial charge on any atom is 0.300 e. The second-order valence-electron chi connectivity index (χ2n) is 3.11. The van der Waals surface area contributed by atoms with Crippen LogP contribution in [0.1, 0.15) is 6.92 Å². The first-order valence-corrected chi connectivity index (χ1v) is 5.30. The SMILES string of the molecule is CC(=O)O.Oc1c(Cl)cc(Cl)c2cccnc12. The molecule has 0 aliphatic carbocycles. The molecule has 0 unspecified atom stereocenters. The Hall–Kier alpha value is -1.52. The van der Waals surface area contributed by atoms with E-state index in [1.165, 1.54) is 6.07 Å². The van der Waals surface area contributed by atoms with Crippen molar-refractivity contribution in [1.82, 2.24) is 4.98 Å². The number of rotatable bonds is 0. The van der Waals surface area contributed by atoms with Crippen molar-refractivity contribution in [2.45, 2.75) is 6.92 Å². The van der Waals surface area contributed by atoms with E-state index in [2.05, 4.69) is 4.98 Å². The Labute approximate surface area is 107 Å². The molecule has 2 N–H and O–H groups in total. The van der Waals surface area contributed by atoms with Gasteiger partial charge in [-0.2, -0.15) is 0 Å². The van der Waals surface area contributed by atoms with E-state index >= 15 is 0 Å². The number of pyridine rings is 1. The summed E-state index contributed by atoms with van der Waals surface area (Å²) in [5.74, 6) is -0.860. The molecular weight excluding hydrogens is 265 g/mol. The smallest absolute Gasteiger partial charge is 0.300 e. The number of hydrogen-bond acceptors (Lipinski definition) is 3. The predicted molar refractivity (Wildman–Crippen MR) is 66.7 cm³/mol. The molecular formula is C11H9Cl2NO3. The first-order valence-electron chi connectivity index (χ1n) is 4.54. The zero-order valence-electron chi connectivity index (χ0n) is 8.82. The minimum absolute atomic E-state index is 0.0262. The fourth-order valence-corrected chi connectivity index (χ4v) is 1.67. The van der Waals surface area contributed by atoms with E-state index in [0.717, 1.165) is 6.92 Å². The summed E-state index contributed by atoms with van der Waals surface area (Å²) in [6.07, 6.45) is 1.58. The molecule has 1 heterocycles. The van der Waals surface area contributed by atoms with Gasteiger partial charge in [-0.15, -0.1) is 0 Å². The number of carboxylic acid groups (broad SMARTS) is 1. The normalized spacial score (nSPS) is 9.59. The topological polar surface area (TPSA) is 70.4 Å². The number of hydrogen-bond donors (Lipinski definition) is 2. The molecule has 2 aromatic rings. The Kier molecular flexibility index (Phi) is 4.54. The number of aromatic hydroxyl groups is 1. The Morgan fingerprint density at radius 2 is 1.94 bits per heavy atom. The molecule has 0 saturated carbocycles. The highest BCUT2D eigenvalue weighted by molar-refractivity contribution is 6.39. The van der Waals surface area contributed by atoms with Gasteiger partial charge < -0.3 is 10.2 Å². The number of benzene rings is 1. The van der Waals surface area contributed by atoms with E-state index in [4.69, 9.17) is 33.1 Å². The number of aliphatic carboxylic acids is 1. The highest BCUT2D eigenvalue weighted by Gasteiger charge is 2.08. The molecule has 0 atom stereocenters. The van der Waals surface area contributed by atoms with Gasteiger partial charge in [-0.25, -0.2) is 0 Å². The maximum atomic E-state index is 9.53. The summed E-state index contributed by atoms with van der Waals surface area (Å²) in [6, 6.07) is 5.03. The van der Waals surface area contributed by atoms with Crippen LogP contribution < -0.4 is 0 Å². The van der Waals surface area contributed by atoms with E-state index in [0.29, 0.717) is 15.9 Å². The van der Waals surface area contributed by atoms with Crippen LogP contribution in [0.4, 0.5) is 0 Å². The molecule has 6 heteroatoms. The Morgan fingerprint density at radius 3 is 2.53 bits per heavy atom. The van der Waals surface area contributed by atoms with Crippen LogP contribution in [0.25, 0.3) is 10.9 Å². The van der Waals surface area contributed by atoms with Crippen LogP contribution in [0.3, 0.4) is 0 Å². The highest BCUT2D eigenvalue weighted by atomic mass is 35.5. The zero-order chi connectivity index (χ0) is 13.0. The Morgan fingerprint density at radius 1 is 1.35 bits per heavy atom. The van der Waals surface area contributed by atoms with Gasteiger partial charge in [-0.3, -0.25) is 9.78 Å². The maximum absolute atomic E-state index is 9.53. The number of carboxylic acids is 1. The van der Waals surface area contributed by atoms with Crippen LogP contribution >= 0.6 is 23.2 Å². The van der Waals surface area contributed by atoms with Gasteiger partial charge in [0.1, 0.15) is 5.52 Å². The van der Waals surface area contributed by atoms with Crippen molar-refractivity contribution in [1.29, 1.82) is 0 Å². The van der Waals surface area contributed by atoms with Crippen molar-refractivity contribution >= 4 is 40.1 Å². The lowest BCUT2D eigenvalue weighted by Gasteiger charge is -2.03. The standard InChI is InChI=1S/C9H5Cl2NO.C2H4O2/c10-6-4-7(11)9(13)8-5(6)2-1-3-12-8;1-2(3)4/h1-4,13H;1H3,(H,3,4). The summed E-state index contributed by atoms with van der Waals surface area (Å²) < 4.78 is 0. The number of phenols is 1. The van der Waals surface area contributed by atoms with E-state index < -0.39 is 5.97 Å². The summed E-state index contributed by atoms with van der Waals surface area (Å²) >= 11 is 11.6. The second kappa shape index (κ2) is 5.70. The Bertz CT molecular complexity index is 554. The molecule has 0 saturated heterocycles. The monoisotopic (exact) mass is 273 g/mol. The van der Waals surface area contributed by atoms with E-state index in [9.17, 15) is 5.11 Å². The summed E-state index contributed by atoms with van der Waals surface area (Å²) in [7, 11) is 0. The number of phenolic OH excluding ortho intramolecular Hbond substituents is 1. The lowest BCUT2D eigenvalue weighted by molar-refractivity contribution is -0.134. The molecule has 4 nitrogen and oxygen atoms in total.